The summed E-state index contributed by atoms with van der Waals surface area (Å²) < 4.78 is 1.04. The highest BCUT2D eigenvalue weighted by atomic mass is 79.9. The van der Waals surface area contributed by atoms with Crippen molar-refractivity contribution in [3.05, 3.63) is 34.9 Å². The summed E-state index contributed by atoms with van der Waals surface area (Å²) in [5, 5.41) is 10.5. The molecular weight excluding hydrogens is 304 g/mol. The lowest BCUT2D eigenvalue weighted by atomic mass is 9.90. The van der Waals surface area contributed by atoms with Crippen molar-refractivity contribution < 1.29 is 5.11 Å². The van der Waals surface area contributed by atoms with Gasteiger partial charge in [-0.25, -0.2) is 0 Å². The molecule has 1 N–H and O–H groups in total. The summed E-state index contributed by atoms with van der Waals surface area (Å²) in [6.07, 6.45) is 5.59. The fourth-order valence-corrected chi connectivity index (χ4v) is 3.01. The summed E-state index contributed by atoms with van der Waals surface area (Å²) in [6.45, 7) is 0.886. The summed E-state index contributed by atoms with van der Waals surface area (Å²) in [5.74, 6) is 0. The minimum absolute atomic E-state index is 0.191. The summed E-state index contributed by atoms with van der Waals surface area (Å²) in [6, 6.07) is 8.82. The Hall–Kier alpha value is -1.13. The molecule has 1 aliphatic carbocycles. The molecule has 0 aliphatic heterocycles. The number of nitrogens with zero attached hydrogens (tertiary/aromatic N) is 2. The number of rotatable bonds is 4. The van der Waals surface area contributed by atoms with Crippen molar-refractivity contribution in [3.8, 4) is 0 Å². The quantitative estimate of drug-likeness (QED) is 0.938. The largest absolute Gasteiger partial charge is 0.395 e. The molecule has 0 saturated heterocycles. The van der Waals surface area contributed by atoms with Crippen LogP contribution in [0.4, 0.5) is 5.69 Å². The summed E-state index contributed by atoms with van der Waals surface area (Å²) in [4.78, 5) is 6.76. The van der Waals surface area contributed by atoms with Gasteiger partial charge in [-0.2, -0.15) is 0 Å². The van der Waals surface area contributed by atoms with E-state index < -0.39 is 0 Å². The van der Waals surface area contributed by atoms with E-state index in [0.29, 0.717) is 12.6 Å². The fraction of sp³-hybridized carbons (Fsp3) is 0.400. The highest BCUT2D eigenvalue weighted by Crippen LogP contribution is 2.34. The van der Waals surface area contributed by atoms with Gasteiger partial charge in [0.15, 0.2) is 0 Å². The predicted octanol–water partition coefficient (Wildman–Crippen LogP) is 3.35. The first-order valence-electron chi connectivity index (χ1n) is 6.71. The molecule has 1 aliphatic rings. The highest BCUT2D eigenvalue weighted by Gasteiger charge is 2.25. The van der Waals surface area contributed by atoms with Gasteiger partial charge in [0.1, 0.15) is 0 Å². The zero-order valence-corrected chi connectivity index (χ0v) is 12.3. The van der Waals surface area contributed by atoms with Gasteiger partial charge in [0.25, 0.3) is 0 Å². The molecule has 1 saturated carbocycles. The zero-order chi connectivity index (χ0) is 13.2. The van der Waals surface area contributed by atoms with E-state index in [4.69, 9.17) is 0 Å². The smallest absolute Gasteiger partial charge is 0.0734 e. The lowest BCUT2D eigenvalue weighted by Crippen LogP contribution is -2.42. The van der Waals surface area contributed by atoms with E-state index >= 15 is 0 Å². The Morgan fingerprint density at radius 1 is 1.32 bits per heavy atom. The molecule has 2 aromatic rings. The van der Waals surface area contributed by atoms with Crippen molar-refractivity contribution in [2.24, 2.45) is 0 Å². The number of anilines is 1. The van der Waals surface area contributed by atoms with Gasteiger partial charge in [0.2, 0.25) is 0 Å². The molecule has 0 atom stereocenters. The Bertz CT molecular complexity index is 583. The maximum atomic E-state index is 9.32. The first-order chi connectivity index (χ1) is 9.29. The molecule has 1 aromatic heterocycles. The van der Waals surface area contributed by atoms with E-state index in [9.17, 15) is 5.11 Å². The maximum absolute atomic E-state index is 9.32. The van der Waals surface area contributed by atoms with E-state index in [-0.39, 0.29) is 6.61 Å². The van der Waals surface area contributed by atoms with Gasteiger partial charge >= 0.3 is 0 Å². The van der Waals surface area contributed by atoms with Crippen molar-refractivity contribution in [2.75, 3.05) is 18.1 Å². The normalized spacial score (nSPS) is 15.5. The van der Waals surface area contributed by atoms with E-state index in [1.54, 1.807) is 0 Å². The molecule has 0 radical (unpaired) electrons. The number of pyridine rings is 1. The second-order valence-corrected chi connectivity index (χ2v) is 5.91. The van der Waals surface area contributed by atoms with E-state index in [0.717, 1.165) is 15.4 Å². The van der Waals surface area contributed by atoms with Gasteiger partial charge in [-0.1, -0.05) is 15.9 Å². The van der Waals surface area contributed by atoms with Crippen LogP contribution in [0.1, 0.15) is 19.3 Å². The second kappa shape index (κ2) is 5.47. The Kier molecular flexibility index (Phi) is 3.71. The van der Waals surface area contributed by atoms with Gasteiger partial charge in [0.05, 0.1) is 12.1 Å². The third-order valence-corrected chi connectivity index (χ3v) is 4.34. The molecule has 3 nitrogen and oxygen atoms in total. The van der Waals surface area contributed by atoms with Crippen LogP contribution in [-0.4, -0.2) is 29.3 Å². The number of benzene rings is 1. The van der Waals surface area contributed by atoms with Crippen molar-refractivity contribution in [3.63, 3.8) is 0 Å². The molecule has 3 rings (SSSR count). The molecule has 100 valence electrons. The van der Waals surface area contributed by atoms with Crippen LogP contribution in [0.15, 0.2) is 34.9 Å². The lowest BCUT2D eigenvalue weighted by molar-refractivity contribution is 0.284. The Morgan fingerprint density at radius 2 is 2.16 bits per heavy atom. The summed E-state index contributed by atoms with van der Waals surface area (Å²) in [5.41, 5.74) is 2.19. The van der Waals surface area contributed by atoms with Crippen LogP contribution in [0.2, 0.25) is 0 Å². The van der Waals surface area contributed by atoms with Gasteiger partial charge < -0.3 is 10.0 Å². The van der Waals surface area contributed by atoms with Crippen LogP contribution in [0.25, 0.3) is 10.9 Å². The average molecular weight is 321 g/mol. The van der Waals surface area contributed by atoms with Crippen molar-refractivity contribution in [1.29, 1.82) is 0 Å². The van der Waals surface area contributed by atoms with Crippen LogP contribution < -0.4 is 4.90 Å². The molecule has 0 spiro atoms. The molecule has 1 fully saturated rings. The van der Waals surface area contributed by atoms with Crippen LogP contribution in [0.5, 0.6) is 0 Å². The van der Waals surface area contributed by atoms with Crippen LogP contribution in [-0.2, 0) is 0 Å². The first kappa shape index (κ1) is 12.9. The van der Waals surface area contributed by atoms with Crippen LogP contribution in [0, 0.1) is 0 Å². The minimum Gasteiger partial charge on any atom is -0.395 e. The number of aromatic nitrogens is 1. The molecule has 4 heteroatoms. The molecule has 19 heavy (non-hydrogen) atoms. The molecular formula is C15H17BrN2O. The monoisotopic (exact) mass is 320 g/mol. The Balaban J connectivity index is 2.06. The van der Waals surface area contributed by atoms with Gasteiger partial charge in [-0.05, 0) is 43.5 Å². The number of aliphatic hydroxyl groups is 1. The van der Waals surface area contributed by atoms with Crippen LogP contribution in [0.3, 0.4) is 0 Å². The zero-order valence-electron chi connectivity index (χ0n) is 10.7. The topological polar surface area (TPSA) is 36.4 Å². The molecule has 1 heterocycles. The Morgan fingerprint density at radius 3 is 2.84 bits per heavy atom. The average Bonchev–Trinajstić information content (AvgIpc) is 2.35. The van der Waals surface area contributed by atoms with Crippen molar-refractivity contribution in [1.82, 2.24) is 4.98 Å². The number of hydrogen-bond donors (Lipinski definition) is 1. The van der Waals surface area contributed by atoms with Gasteiger partial charge in [0, 0.05) is 34.3 Å². The lowest BCUT2D eigenvalue weighted by Gasteiger charge is -2.39. The highest BCUT2D eigenvalue weighted by molar-refractivity contribution is 9.10. The fourth-order valence-electron chi connectivity index (χ4n) is 2.66. The minimum atomic E-state index is 0.191. The van der Waals surface area contributed by atoms with E-state index in [2.05, 4.69) is 37.9 Å². The third-order valence-electron chi connectivity index (χ3n) is 3.85. The second-order valence-electron chi connectivity index (χ2n) is 4.99. The van der Waals surface area contributed by atoms with Gasteiger partial charge in [-0.15, -0.1) is 0 Å². The molecule has 0 amide bonds. The SMILES string of the molecule is OCCN(c1ccnc2cc(Br)ccc12)C1CCC1. The molecule has 1 aromatic carbocycles. The maximum Gasteiger partial charge on any atom is 0.0734 e. The van der Waals surface area contributed by atoms with Crippen molar-refractivity contribution >= 4 is 32.5 Å². The first-order valence-corrected chi connectivity index (χ1v) is 7.50. The van der Waals surface area contributed by atoms with Gasteiger partial charge in [-0.3, -0.25) is 4.98 Å². The predicted molar refractivity (Wildman–Crippen MR) is 81.5 cm³/mol. The van der Waals surface area contributed by atoms with Crippen molar-refractivity contribution in [2.45, 2.75) is 25.3 Å². The third kappa shape index (κ3) is 2.47. The van der Waals surface area contributed by atoms with E-state index in [1.165, 1.54) is 24.9 Å². The number of fused-ring (bicyclic) bond motifs is 1. The number of hydrogen-bond acceptors (Lipinski definition) is 3. The standard InChI is InChI=1S/C15H17BrN2O/c16-11-4-5-13-14(10-11)17-7-6-15(13)18(8-9-19)12-2-1-3-12/h4-7,10,12,19H,1-3,8-9H2. The van der Waals surface area contributed by atoms with E-state index in [1.807, 2.05) is 18.3 Å². The molecule has 0 unspecified atom stereocenters. The summed E-state index contributed by atoms with van der Waals surface area (Å²) in [7, 11) is 0. The van der Waals surface area contributed by atoms with Crippen LogP contribution >= 0.6 is 15.9 Å². The Labute approximate surface area is 121 Å². The summed E-state index contributed by atoms with van der Waals surface area (Å²) >= 11 is 3.48. The molecule has 0 bridgehead atoms. The number of halogens is 1. The number of aliphatic hydroxyl groups excluding tert-OH is 1.